The molecule has 1 heterocycles. The van der Waals surface area contributed by atoms with Gasteiger partial charge in [-0.2, -0.15) is 0 Å². The van der Waals surface area contributed by atoms with E-state index in [1.807, 2.05) is 6.07 Å². The van der Waals surface area contributed by atoms with Gasteiger partial charge in [0.1, 0.15) is 11.6 Å². The van der Waals surface area contributed by atoms with Gasteiger partial charge in [-0.1, -0.05) is 19.9 Å². The van der Waals surface area contributed by atoms with Gasteiger partial charge in [-0.25, -0.2) is 4.98 Å². The van der Waals surface area contributed by atoms with Crippen LogP contribution in [0.15, 0.2) is 24.5 Å². The minimum absolute atomic E-state index is 0.462. The first-order valence-electron chi connectivity index (χ1n) is 5.60. The van der Waals surface area contributed by atoms with Crippen molar-refractivity contribution < 1.29 is 4.74 Å². The molecule has 0 aliphatic heterocycles. The van der Waals surface area contributed by atoms with Crippen molar-refractivity contribution in [3.8, 4) is 17.0 Å². The zero-order chi connectivity index (χ0) is 12.4. The molecule has 0 aliphatic carbocycles. The number of H-pyrrole nitrogens is 1. The van der Waals surface area contributed by atoms with E-state index < -0.39 is 0 Å². The SMILES string of the molecule is COc1ccc(C(C)C)cc1-c1[nH]cnc1N. The molecule has 0 unspecified atom stereocenters. The number of hydrogen-bond donors (Lipinski definition) is 2. The number of ether oxygens (including phenoxy) is 1. The van der Waals surface area contributed by atoms with Gasteiger partial charge in [0.05, 0.1) is 19.1 Å². The quantitative estimate of drug-likeness (QED) is 0.853. The fraction of sp³-hybridized carbons (Fsp3) is 0.308. The molecule has 0 aliphatic rings. The zero-order valence-corrected chi connectivity index (χ0v) is 10.3. The van der Waals surface area contributed by atoms with Crippen molar-refractivity contribution in [2.45, 2.75) is 19.8 Å². The van der Waals surface area contributed by atoms with Crippen LogP contribution in [-0.2, 0) is 0 Å². The lowest BCUT2D eigenvalue weighted by Gasteiger charge is -2.12. The van der Waals surface area contributed by atoms with Crippen LogP contribution in [0.2, 0.25) is 0 Å². The summed E-state index contributed by atoms with van der Waals surface area (Å²) in [7, 11) is 1.65. The normalized spacial score (nSPS) is 10.8. The first kappa shape index (κ1) is 11.5. The third-order valence-electron chi connectivity index (χ3n) is 2.83. The molecule has 1 aromatic carbocycles. The highest BCUT2D eigenvalue weighted by Gasteiger charge is 2.12. The monoisotopic (exact) mass is 231 g/mol. The lowest BCUT2D eigenvalue weighted by atomic mass is 9.99. The lowest BCUT2D eigenvalue weighted by molar-refractivity contribution is 0.416. The highest BCUT2D eigenvalue weighted by Crippen LogP contribution is 2.34. The van der Waals surface area contributed by atoms with Crippen LogP contribution in [0.4, 0.5) is 5.82 Å². The second kappa shape index (κ2) is 4.49. The van der Waals surface area contributed by atoms with Crippen LogP contribution in [0.3, 0.4) is 0 Å². The smallest absolute Gasteiger partial charge is 0.149 e. The molecule has 4 nitrogen and oxygen atoms in total. The van der Waals surface area contributed by atoms with Crippen LogP contribution in [0, 0.1) is 0 Å². The summed E-state index contributed by atoms with van der Waals surface area (Å²) in [6.45, 7) is 4.31. The molecule has 17 heavy (non-hydrogen) atoms. The average molecular weight is 231 g/mol. The summed E-state index contributed by atoms with van der Waals surface area (Å²) >= 11 is 0. The summed E-state index contributed by atoms with van der Waals surface area (Å²) in [6, 6.07) is 6.12. The van der Waals surface area contributed by atoms with Crippen molar-refractivity contribution in [3.05, 3.63) is 30.1 Å². The number of nitrogens with two attached hydrogens (primary N) is 1. The minimum Gasteiger partial charge on any atom is -0.496 e. The van der Waals surface area contributed by atoms with Crippen molar-refractivity contribution in [1.82, 2.24) is 9.97 Å². The fourth-order valence-electron chi connectivity index (χ4n) is 1.80. The number of imidazole rings is 1. The third kappa shape index (κ3) is 2.11. The maximum atomic E-state index is 5.82. The molecule has 4 heteroatoms. The number of nitrogens with one attached hydrogen (secondary N) is 1. The molecule has 90 valence electrons. The number of nitrogens with zero attached hydrogens (tertiary/aromatic N) is 1. The number of benzene rings is 1. The average Bonchev–Trinajstić information content (AvgIpc) is 2.74. The van der Waals surface area contributed by atoms with Crippen molar-refractivity contribution >= 4 is 5.82 Å². The van der Waals surface area contributed by atoms with E-state index >= 15 is 0 Å². The maximum absolute atomic E-state index is 5.82. The van der Waals surface area contributed by atoms with Crippen LogP contribution in [0.5, 0.6) is 5.75 Å². The molecule has 0 saturated carbocycles. The Morgan fingerprint density at radius 1 is 1.35 bits per heavy atom. The number of nitrogen functional groups attached to an aromatic ring is 1. The summed E-state index contributed by atoms with van der Waals surface area (Å²) in [5, 5.41) is 0. The van der Waals surface area contributed by atoms with E-state index in [1.54, 1.807) is 13.4 Å². The first-order chi connectivity index (χ1) is 8.13. The lowest BCUT2D eigenvalue weighted by Crippen LogP contribution is -1.95. The molecular weight excluding hydrogens is 214 g/mol. The predicted molar refractivity (Wildman–Crippen MR) is 69.1 cm³/mol. The Morgan fingerprint density at radius 3 is 2.65 bits per heavy atom. The Balaban J connectivity index is 2.57. The number of aromatic nitrogens is 2. The molecule has 3 N–H and O–H groups in total. The second-order valence-corrected chi connectivity index (χ2v) is 4.28. The Hall–Kier alpha value is -1.97. The van der Waals surface area contributed by atoms with E-state index in [2.05, 4.69) is 35.9 Å². The van der Waals surface area contributed by atoms with Gasteiger partial charge in [-0.15, -0.1) is 0 Å². The fourth-order valence-corrected chi connectivity index (χ4v) is 1.80. The summed E-state index contributed by atoms with van der Waals surface area (Å²) in [6.07, 6.45) is 1.59. The third-order valence-corrected chi connectivity index (χ3v) is 2.83. The molecule has 2 aromatic rings. The van der Waals surface area contributed by atoms with Crippen LogP contribution in [0.1, 0.15) is 25.3 Å². The molecule has 2 rings (SSSR count). The van der Waals surface area contributed by atoms with Gasteiger partial charge < -0.3 is 15.5 Å². The molecule has 0 bridgehead atoms. The van der Waals surface area contributed by atoms with Gasteiger partial charge in [0.25, 0.3) is 0 Å². The van der Waals surface area contributed by atoms with Gasteiger partial charge in [0.2, 0.25) is 0 Å². The van der Waals surface area contributed by atoms with Crippen LogP contribution < -0.4 is 10.5 Å². The molecule has 0 radical (unpaired) electrons. The first-order valence-corrected chi connectivity index (χ1v) is 5.60. The van der Waals surface area contributed by atoms with Crippen molar-refractivity contribution in [3.63, 3.8) is 0 Å². The van der Waals surface area contributed by atoms with Crippen LogP contribution in [-0.4, -0.2) is 17.1 Å². The predicted octanol–water partition coefficient (Wildman–Crippen LogP) is 2.79. The van der Waals surface area contributed by atoms with Crippen LogP contribution in [0.25, 0.3) is 11.3 Å². The molecule has 0 amide bonds. The van der Waals surface area contributed by atoms with E-state index in [4.69, 9.17) is 10.5 Å². The van der Waals surface area contributed by atoms with E-state index in [0.29, 0.717) is 11.7 Å². The van der Waals surface area contributed by atoms with E-state index in [-0.39, 0.29) is 0 Å². The number of aromatic amines is 1. The Labute approximate surface area is 101 Å². The topological polar surface area (TPSA) is 63.9 Å². The van der Waals surface area contributed by atoms with Gasteiger partial charge in [-0.05, 0) is 23.6 Å². The van der Waals surface area contributed by atoms with Gasteiger partial charge in [0.15, 0.2) is 0 Å². The molecule has 0 spiro atoms. The summed E-state index contributed by atoms with van der Waals surface area (Å²) in [5.41, 5.74) is 8.83. The highest BCUT2D eigenvalue weighted by atomic mass is 16.5. The zero-order valence-electron chi connectivity index (χ0n) is 10.3. The van der Waals surface area contributed by atoms with Gasteiger partial charge in [0, 0.05) is 5.56 Å². The van der Waals surface area contributed by atoms with Crippen molar-refractivity contribution in [1.29, 1.82) is 0 Å². The molecular formula is C13H17N3O. The van der Waals surface area contributed by atoms with Gasteiger partial charge >= 0.3 is 0 Å². The number of rotatable bonds is 3. The Bertz CT molecular complexity index is 517. The molecule has 0 atom stereocenters. The summed E-state index contributed by atoms with van der Waals surface area (Å²) < 4.78 is 5.36. The molecule has 0 saturated heterocycles. The van der Waals surface area contributed by atoms with Crippen molar-refractivity contribution in [2.24, 2.45) is 0 Å². The summed E-state index contributed by atoms with van der Waals surface area (Å²) in [5.74, 6) is 1.75. The van der Waals surface area contributed by atoms with Gasteiger partial charge in [-0.3, -0.25) is 0 Å². The Kier molecular flexibility index (Phi) is 3.04. The molecule has 1 aromatic heterocycles. The van der Waals surface area contributed by atoms with E-state index in [1.165, 1.54) is 5.56 Å². The van der Waals surface area contributed by atoms with Crippen LogP contribution >= 0.6 is 0 Å². The largest absolute Gasteiger partial charge is 0.496 e. The Morgan fingerprint density at radius 2 is 2.12 bits per heavy atom. The number of methoxy groups -OCH3 is 1. The second-order valence-electron chi connectivity index (χ2n) is 4.28. The summed E-state index contributed by atoms with van der Waals surface area (Å²) in [4.78, 5) is 7.06. The van der Waals surface area contributed by atoms with E-state index in [0.717, 1.165) is 17.0 Å². The van der Waals surface area contributed by atoms with Crippen molar-refractivity contribution in [2.75, 3.05) is 12.8 Å². The standard InChI is InChI=1S/C13H17N3O/c1-8(2)9-4-5-11(17-3)10(6-9)12-13(14)16-7-15-12/h4-8H,14H2,1-3H3,(H,15,16). The van der Waals surface area contributed by atoms with E-state index in [9.17, 15) is 0 Å². The number of hydrogen-bond acceptors (Lipinski definition) is 3. The maximum Gasteiger partial charge on any atom is 0.149 e. The number of anilines is 1. The minimum atomic E-state index is 0.462. The molecule has 0 fully saturated rings. The highest BCUT2D eigenvalue weighted by molar-refractivity contribution is 5.75.